The van der Waals surface area contributed by atoms with Gasteiger partial charge in [0.1, 0.15) is 34.9 Å². The molecular weight excluding hydrogens is 562 g/mol. The van der Waals surface area contributed by atoms with Gasteiger partial charge in [0.05, 0.1) is 27.1 Å². The van der Waals surface area contributed by atoms with E-state index in [0.29, 0.717) is 34.7 Å². The average molecular weight is 596 g/mol. The Labute approximate surface area is 235 Å². The van der Waals surface area contributed by atoms with Gasteiger partial charge in [0, 0.05) is 43.9 Å². The Morgan fingerprint density at radius 2 is 1.85 bits per heavy atom. The van der Waals surface area contributed by atoms with E-state index >= 15 is 0 Å². The number of sulfonamides is 1. The van der Waals surface area contributed by atoms with E-state index < -0.39 is 39.4 Å². The fraction of sp³-hybridized carbons (Fsp3) is 0.500. The van der Waals surface area contributed by atoms with Crippen LogP contribution in [0, 0.1) is 6.92 Å². The number of morpholine rings is 1. The van der Waals surface area contributed by atoms with Crippen molar-refractivity contribution in [2.75, 3.05) is 40.2 Å². The van der Waals surface area contributed by atoms with Gasteiger partial charge in [0.15, 0.2) is 5.82 Å². The number of aryl methyl sites for hydroxylation is 1. The highest BCUT2D eigenvalue weighted by Gasteiger charge is 2.35. The number of nitrogens with zero attached hydrogens (tertiary/aromatic N) is 6. The van der Waals surface area contributed by atoms with E-state index in [1.54, 1.807) is 42.1 Å². The van der Waals surface area contributed by atoms with Crippen molar-refractivity contribution in [2.24, 2.45) is 0 Å². The van der Waals surface area contributed by atoms with Crippen LogP contribution in [0.4, 0.5) is 0 Å². The molecule has 1 aliphatic heterocycles. The second-order valence-electron chi connectivity index (χ2n) is 9.39. The van der Waals surface area contributed by atoms with Crippen molar-refractivity contribution in [1.29, 1.82) is 0 Å². The van der Waals surface area contributed by atoms with Crippen LogP contribution in [0.3, 0.4) is 0 Å². The molecule has 16 heteroatoms. The molecule has 1 aromatic carbocycles. The molecule has 0 radical (unpaired) electrons. The van der Waals surface area contributed by atoms with E-state index in [4.69, 9.17) is 14.2 Å². The predicted octanol–water partition coefficient (Wildman–Crippen LogP) is 1.16. The van der Waals surface area contributed by atoms with Crippen LogP contribution in [0.25, 0.3) is 5.69 Å². The first-order valence-electron chi connectivity index (χ1n) is 12.4. The highest BCUT2D eigenvalue weighted by molar-refractivity contribution is 7.88. The zero-order valence-corrected chi connectivity index (χ0v) is 24.5. The summed E-state index contributed by atoms with van der Waals surface area (Å²) >= 11 is -2.29. The zero-order valence-electron chi connectivity index (χ0n) is 22.8. The zero-order chi connectivity index (χ0) is 29.0. The first-order chi connectivity index (χ1) is 19.0. The summed E-state index contributed by atoms with van der Waals surface area (Å²) in [7, 11) is -0.428. The number of aromatic nitrogens is 5. The monoisotopic (exact) mass is 595 g/mol. The number of benzene rings is 1. The number of hydrogen-bond donors (Lipinski definition) is 2. The van der Waals surface area contributed by atoms with Crippen molar-refractivity contribution < 1.29 is 31.4 Å². The molecule has 0 spiro atoms. The van der Waals surface area contributed by atoms with Gasteiger partial charge in [-0.05, 0) is 31.5 Å². The van der Waals surface area contributed by atoms with Crippen molar-refractivity contribution in [3.8, 4) is 17.2 Å². The van der Waals surface area contributed by atoms with Gasteiger partial charge in [-0.3, -0.25) is 9.12 Å². The van der Waals surface area contributed by atoms with Crippen LogP contribution in [-0.4, -0.2) is 92.4 Å². The molecule has 2 N–H and O–H groups in total. The van der Waals surface area contributed by atoms with Crippen LogP contribution in [0.1, 0.15) is 42.0 Å². The number of para-hydroxylation sites is 1. The smallest absolute Gasteiger partial charge is 0.231 e. The van der Waals surface area contributed by atoms with Gasteiger partial charge in [-0.15, -0.1) is 10.2 Å². The van der Waals surface area contributed by atoms with E-state index in [1.807, 2.05) is 6.92 Å². The normalized spacial score (nSPS) is 18.7. The van der Waals surface area contributed by atoms with Gasteiger partial charge >= 0.3 is 0 Å². The Hall–Kier alpha value is -3.02. The minimum Gasteiger partial charge on any atom is -0.494 e. The summed E-state index contributed by atoms with van der Waals surface area (Å²) in [5.74, 6) is 1.64. The molecule has 40 heavy (non-hydrogen) atoms. The minimum absolute atomic E-state index is 0.0420. The van der Waals surface area contributed by atoms with Crippen molar-refractivity contribution in [2.45, 2.75) is 38.3 Å². The number of nitrogens with one attached hydrogen (secondary N) is 1. The van der Waals surface area contributed by atoms with E-state index in [2.05, 4.69) is 24.9 Å². The molecule has 1 unspecified atom stereocenters. The highest BCUT2D eigenvalue weighted by Crippen LogP contribution is 2.37. The van der Waals surface area contributed by atoms with Gasteiger partial charge in [-0.25, -0.2) is 27.3 Å². The van der Waals surface area contributed by atoms with Gasteiger partial charge in [0.2, 0.25) is 21.3 Å². The molecule has 218 valence electrons. The molecule has 0 amide bonds. The molecule has 4 rings (SSSR count). The lowest BCUT2D eigenvalue weighted by Gasteiger charge is -2.31. The summed E-state index contributed by atoms with van der Waals surface area (Å²) in [6.45, 7) is 4.06. The van der Waals surface area contributed by atoms with Crippen molar-refractivity contribution in [1.82, 2.24) is 33.8 Å². The Morgan fingerprint density at radius 1 is 1.20 bits per heavy atom. The first-order valence-corrected chi connectivity index (χ1v) is 15.4. The summed E-state index contributed by atoms with van der Waals surface area (Å²) in [5.41, 5.74) is 1.36. The summed E-state index contributed by atoms with van der Waals surface area (Å²) < 4.78 is 68.9. The lowest BCUT2D eigenvalue weighted by molar-refractivity contribution is -0.00838. The Bertz CT molecular complexity index is 1430. The number of methoxy groups -OCH3 is 2. The Balaban J connectivity index is 1.87. The third-order valence-corrected chi connectivity index (χ3v) is 8.44. The molecule has 3 aromatic rings. The largest absolute Gasteiger partial charge is 0.494 e. The van der Waals surface area contributed by atoms with Crippen molar-refractivity contribution >= 4 is 21.3 Å². The third kappa shape index (κ3) is 6.64. The highest BCUT2D eigenvalue weighted by atomic mass is 32.2. The topological polar surface area (TPSA) is 171 Å². The summed E-state index contributed by atoms with van der Waals surface area (Å²) in [5, 5.41) is 8.93. The summed E-state index contributed by atoms with van der Waals surface area (Å²) in [4.78, 5) is 8.94. The lowest BCUT2D eigenvalue weighted by Crippen LogP contribution is -2.42. The van der Waals surface area contributed by atoms with Crippen LogP contribution < -0.4 is 14.2 Å². The molecule has 0 aliphatic carbocycles. The number of rotatable bonds is 11. The molecule has 14 nitrogen and oxygen atoms in total. The van der Waals surface area contributed by atoms with Crippen molar-refractivity contribution in [3.05, 3.63) is 53.6 Å². The van der Waals surface area contributed by atoms with E-state index in [0.717, 1.165) is 11.8 Å². The SMILES string of the molecule is COc1cccc(OC)c1-n1c(C[C@@H](c2ncc(C)cn2)[C@@H](C)NS(=O)O)nnc1[C@H]1CN(S(C)(=O)=O)CCO1. The molecule has 1 fully saturated rings. The first kappa shape index (κ1) is 30.0. The summed E-state index contributed by atoms with van der Waals surface area (Å²) in [6, 6.07) is 4.75. The maximum Gasteiger partial charge on any atom is 0.231 e. The fourth-order valence-electron chi connectivity index (χ4n) is 4.57. The lowest BCUT2D eigenvalue weighted by atomic mass is 9.96. The van der Waals surface area contributed by atoms with Gasteiger partial charge in [0.25, 0.3) is 0 Å². The number of hydrogen-bond acceptors (Lipinski definition) is 10. The Kier molecular flexibility index (Phi) is 9.48. The molecule has 3 heterocycles. The van der Waals surface area contributed by atoms with E-state index in [1.165, 1.54) is 18.5 Å². The maximum absolute atomic E-state index is 12.3. The molecule has 1 saturated heterocycles. The second kappa shape index (κ2) is 12.7. The standard InChI is InChI=1S/C24H33N7O7S2/c1-15-12-25-23(26-13-15)17(16(2)29-39(32)33)11-21-27-28-24(20-14-30(9-10-38-20)40(5,34)35)31(21)22-18(36-3)7-6-8-19(22)37-4/h6-8,12-13,16-17,20,29H,9-11,14H2,1-5H3,(H,32,33)/t16-,17-,20-/m1/s1. The quantitative estimate of drug-likeness (QED) is 0.305. The molecule has 1 aliphatic rings. The van der Waals surface area contributed by atoms with Crippen LogP contribution in [0.15, 0.2) is 30.6 Å². The maximum atomic E-state index is 12.3. The Morgan fingerprint density at radius 3 is 2.42 bits per heavy atom. The fourth-order valence-corrected chi connectivity index (χ4v) is 5.87. The molecule has 4 atom stereocenters. The van der Waals surface area contributed by atoms with E-state index in [9.17, 15) is 17.2 Å². The number of ether oxygens (including phenoxy) is 3. The molecule has 2 aromatic heterocycles. The minimum atomic E-state index is -3.48. The third-order valence-electron chi connectivity index (χ3n) is 6.59. The van der Waals surface area contributed by atoms with Crippen molar-refractivity contribution in [3.63, 3.8) is 0 Å². The molecule has 0 saturated carbocycles. The van der Waals surface area contributed by atoms with Crippen LogP contribution >= 0.6 is 0 Å². The van der Waals surface area contributed by atoms with Gasteiger partial charge < -0.3 is 14.2 Å². The van der Waals surface area contributed by atoms with Crippen LogP contribution in [0.2, 0.25) is 0 Å². The van der Waals surface area contributed by atoms with Crippen LogP contribution in [0.5, 0.6) is 11.5 Å². The molecule has 0 bridgehead atoms. The average Bonchev–Trinajstić information content (AvgIpc) is 3.34. The van der Waals surface area contributed by atoms with Crippen LogP contribution in [-0.2, 0) is 32.4 Å². The van der Waals surface area contributed by atoms with E-state index in [-0.39, 0.29) is 26.1 Å². The van der Waals surface area contributed by atoms with Gasteiger partial charge in [-0.1, -0.05) is 6.07 Å². The van der Waals surface area contributed by atoms with Gasteiger partial charge in [-0.2, -0.15) is 4.31 Å². The second-order valence-corrected chi connectivity index (χ2v) is 12.1. The molecular formula is C24H33N7O7S2. The summed E-state index contributed by atoms with van der Waals surface area (Å²) in [6.07, 6.45) is 3.94. The predicted molar refractivity (Wildman–Crippen MR) is 146 cm³/mol.